The first-order valence-corrected chi connectivity index (χ1v) is 5.58. The molecule has 0 aromatic rings. The highest BCUT2D eigenvalue weighted by atomic mass is 16.4. The van der Waals surface area contributed by atoms with Crippen LogP contribution in [0.2, 0.25) is 0 Å². The summed E-state index contributed by atoms with van der Waals surface area (Å²) in [7, 11) is 0. The second-order valence-electron chi connectivity index (χ2n) is 4.29. The predicted molar refractivity (Wildman–Crippen MR) is 57.1 cm³/mol. The molecule has 1 aliphatic rings. The predicted octanol–water partition coefficient (Wildman–Crippen LogP) is 3.23. The van der Waals surface area contributed by atoms with Gasteiger partial charge in [0.1, 0.15) is 0 Å². The van der Waals surface area contributed by atoms with E-state index in [9.17, 15) is 4.79 Å². The van der Waals surface area contributed by atoms with Crippen LogP contribution >= 0.6 is 0 Å². The third kappa shape index (κ3) is 3.95. The van der Waals surface area contributed by atoms with E-state index in [1.54, 1.807) is 0 Å². The van der Waals surface area contributed by atoms with Crippen LogP contribution in [0.5, 0.6) is 0 Å². The lowest BCUT2D eigenvalue weighted by Crippen LogP contribution is -2.12. The second-order valence-corrected chi connectivity index (χ2v) is 4.29. The van der Waals surface area contributed by atoms with E-state index in [4.69, 9.17) is 5.11 Å². The van der Waals surface area contributed by atoms with Crippen LogP contribution in [0.1, 0.15) is 45.4 Å². The van der Waals surface area contributed by atoms with Crippen molar-refractivity contribution in [2.24, 2.45) is 11.8 Å². The Morgan fingerprint density at radius 2 is 2.43 bits per heavy atom. The molecule has 0 aliphatic heterocycles. The third-order valence-corrected chi connectivity index (χ3v) is 3.07. The van der Waals surface area contributed by atoms with Crippen LogP contribution in [0, 0.1) is 11.8 Å². The van der Waals surface area contributed by atoms with E-state index in [-0.39, 0.29) is 0 Å². The fourth-order valence-corrected chi connectivity index (χ4v) is 2.10. The van der Waals surface area contributed by atoms with Crippen molar-refractivity contribution in [3.8, 4) is 0 Å². The van der Waals surface area contributed by atoms with Crippen LogP contribution in [0.3, 0.4) is 0 Å². The van der Waals surface area contributed by atoms with Crippen LogP contribution in [0.4, 0.5) is 0 Å². The lowest BCUT2D eigenvalue weighted by molar-refractivity contribution is -0.137. The molecule has 0 radical (unpaired) electrons. The number of rotatable bonds is 5. The topological polar surface area (TPSA) is 37.3 Å². The molecule has 1 rings (SSSR count). The summed E-state index contributed by atoms with van der Waals surface area (Å²) >= 11 is 0. The molecule has 0 aromatic heterocycles. The quantitative estimate of drug-likeness (QED) is 0.685. The molecule has 0 saturated carbocycles. The number of carbonyl (C=O) groups is 1. The molecule has 2 heteroatoms. The van der Waals surface area contributed by atoms with Gasteiger partial charge < -0.3 is 5.11 Å². The van der Waals surface area contributed by atoms with Crippen molar-refractivity contribution >= 4 is 5.97 Å². The minimum absolute atomic E-state index is 0.320. The molecule has 80 valence electrons. The standard InChI is InChI=1S/C12H20O2/c1-10(6-5-9-12(13)14)11-7-3-2-4-8-11/h3,7,10-11H,2,4-6,8-9H2,1H3,(H,13,14). The van der Waals surface area contributed by atoms with E-state index >= 15 is 0 Å². The lowest BCUT2D eigenvalue weighted by atomic mass is 9.83. The van der Waals surface area contributed by atoms with Gasteiger partial charge >= 0.3 is 5.97 Å². The molecule has 2 nitrogen and oxygen atoms in total. The number of hydrogen-bond donors (Lipinski definition) is 1. The van der Waals surface area contributed by atoms with Gasteiger partial charge in [0.05, 0.1) is 0 Å². The average molecular weight is 196 g/mol. The fourth-order valence-electron chi connectivity index (χ4n) is 2.10. The van der Waals surface area contributed by atoms with Crippen molar-refractivity contribution in [3.05, 3.63) is 12.2 Å². The Hall–Kier alpha value is -0.790. The molecule has 0 heterocycles. The molecule has 0 spiro atoms. The Morgan fingerprint density at radius 3 is 3.00 bits per heavy atom. The van der Waals surface area contributed by atoms with Crippen molar-refractivity contribution in [1.29, 1.82) is 0 Å². The molecular weight excluding hydrogens is 176 g/mol. The fraction of sp³-hybridized carbons (Fsp3) is 0.750. The maximum Gasteiger partial charge on any atom is 0.303 e. The van der Waals surface area contributed by atoms with Gasteiger partial charge in [-0.25, -0.2) is 0 Å². The number of allylic oxidation sites excluding steroid dienone is 2. The Morgan fingerprint density at radius 1 is 1.64 bits per heavy atom. The zero-order valence-electron chi connectivity index (χ0n) is 8.91. The Bertz CT molecular complexity index is 208. The molecule has 14 heavy (non-hydrogen) atoms. The van der Waals surface area contributed by atoms with E-state index in [1.807, 2.05) is 0 Å². The monoisotopic (exact) mass is 196 g/mol. The molecule has 0 amide bonds. The zero-order chi connectivity index (χ0) is 10.4. The molecule has 2 unspecified atom stereocenters. The number of carboxylic acid groups (broad SMARTS) is 1. The maximum absolute atomic E-state index is 10.3. The first-order valence-electron chi connectivity index (χ1n) is 5.58. The van der Waals surface area contributed by atoms with Crippen molar-refractivity contribution in [3.63, 3.8) is 0 Å². The summed E-state index contributed by atoms with van der Waals surface area (Å²) in [5.74, 6) is 0.667. The Kier molecular flexibility index (Phi) is 4.71. The van der Waals surface area contributed by atoms with Crippen LogP contribution in [0.15, 0.2) is 12.2 Å². The molecular formula is C12H20O2. The molecule has 0 saturated heterocycles. The van der Waals surface area contributed by atoms with Gasteiger partial charge in [0, 0.05) is 6.42 Å². The molecule has 1 aliphatic carbocycles. The van der Waals surface area contributed by atoms with E-state index in [1.165, 1.54) is 19.3 Å². The lowest BCUT2D eigenvalue weighted by Gasteiger charge is -2.23. The van der Waals surface area contributed by atoms with Gasteiger partial charge in [0.25, 0.3) is 0 Å². The minimum Gasteiger partial charge on any atom is -0.481 e. The summed E-state index contributed by atoms with van der Waals surface area (Å²) in [5, 5.41) is 8.52. The largest absolute Gasteiger partial charge is 0.481 e. The van der Waals surface area contributed by atoms with Crippen LogP contribution in [0.25, 0.3) is 0 Å². The normalized spacial score (nSPS) is 23.4. The molecule has 2 atom stereocenters. The first kappa shape index (κ1) is 11.3. The van der Waals surface area contributed by atoms with Gasteiger partial charge in [-0.3, -0.25) is 4.79 Å². The highest BCUT2D eigenvalue weighted by molar-refractivity contribution is 5.66. The van der Waals surface area contributed by atoms with E-state index in [0.29, 0.717) is 18.3 Å². The number of carboxylic acids is 1. The highest BCUT2D eigenvalue weighted by Crippen LogP contribution is 2.27. The van der Waals surface area contributed by atoms with Crippen LogP contribution in [-0.4, -0.2) is 11.1 Å². The number of aliphatic carboxylic acids is 1. The van der Waals surface area contributed by atoms with Gasteiger partial charge in [-0.2, -0.15) is 0 Å². The summed E-state index contributed by atoms with van der Waals surface area (Å²) in [4.78, 5) is 10.3. The summed E-state index contributed by atoms with van der Waals surface area (Å²) in [6.45, 7) is 2.24. The van der Waals surface area contributed by atoms with Gasteiger partial charge in [0.15, 0.2) is 0 Å². The second kappa shape index (κ2) is 5.84. The van der Waals surface area contributed by atoms with Gasteiger partial charge in [0.2, 0.25) is 0 Å². The smallest absolute Gasteiger partial charge is 0.303 e. The van der Waals surface area contributed by atoms with E-state index < -0.39 is 5.97 Å². The molecule has 0 bridgehead atoms. The zero-order valence-corrected chi connectivity index (χ0v) is 8.91. The molecule has 0 fully saturated rings. The van der Waals surface area contributed by atoms with Crippen molar-refractivity contribution in [1.82, 2.24) is 0 Å². The summed E-state index contributed by atoms with van der Waals surface area (Å²) < 4.78 is 0. The SMILES string of the molecule is CC(CCCC(=O)O)C1C=CCCC1. The summed E-state index contributed by atoms with van der Waals surface area (Å²) in [6, 6.07) is 0. The average Bonchev–Trinajstić information content (AvgIpc) is 2.18. The van der Waals surface area contributed by atoms with Crippen molar-refractivity contribution in [2.45, 2.75) is 45.4 Å². The van der Waals surface area contributed by atoms with Crippen molar-refractivity contribution in [2.75, 3.05) is 0 Å². The summed E-state index contributed by atoms with van der Waals surface area (Å²) in [5.41, 5.74) is 0. The van der Waals surface area contributed by atoms with Crippen molar-refractivity contribution < 1.29 is 9.90 Å². The summed E-state index contributed by atoms with van der Waals surface area (Å²) in [6.07, 6.45) is 10.6. The minimum atomic E-state index is -0.670. The molecule has 0 aromatic carbocycles. The van der Waals surface area contributed by atoms with Crippen LogP contribution < -0.4 is 0 Å². The molecule has 1 N–H and O–H groups in total. The Balaban J connectivity index is 2.20. The van der Waals surface area contributed by atoms with Gasteiger partial charge in [-0.05, 0) is 43.9 Å². The van der Waals surface area contributed by atoms with E-state index in [2.05, 4.69) is 19.1 Å². The first-order chi connectivity index (χ1) is 6.70. The van der Waals surface area contributed by atoms with Crippen LogP contribution in [-0.2, 0) is 4.79 Å². The van der Waals surface area contributed by atoms with E-state index in [0.717, 1.165) is 12.8 Å². The Labute approximate surface area is 86.0 Å². The third-order valence-electron chi connectivity index (χ3n) is 3.07. The van der Waals surface area contributed by atoms with Gasteiger partial charge in [-0.1, -0.05) is 19.1 Å². The number of hydrogen-bond acceptors (Lipinski definition) is 1. The highest BCUT2D eigenvalue weighted by Gasteiger charge is 2.16. The maximum atomic E-state index is 10.3. The van der Waals surface area contributed by atoms with Gasteiger partial charge in [-0.15, -0.1) is 0 Å².